The first-order chi connectivity index (χ1) is 12.9. The van der Waals surface area contributed by atoms with Crippen LogP contribution in [0.5, 0.6) is 0 Å². The summed E-state index contributed by atoms with van der Waals surface area (Å²) in [5, 5.41) is 24.9. The van der Waals surface area contributed by atoms with Gasteiger partial charge in [0.25, 0.3) is 11.4 Å². The van der Waals surface area contributed by atoms with Gasteiger partial charge < -0.3 is 5.32 Å². The second-order valence-electron chi connectivity index (χ2n) is 5.98. The van der Waals surface area contributed by atoms with Gasteiger partial charge in [0.2, 0.25) is 0 Å². The Hall–Kier alpha value is -3.65. The lowest BCUT2D eigenvalue weighted by Gasteiger charge is -2.18. The Morgan fingerprint density at radius 1 is 0.815 bits per heavy atom. The molecule has 0 radical (unpaired) electrons. The summed E-state index contributed by atoms with van der Waals surface area (Å²) in [6.45, 7) is 0.682. The van der Waals surface area contributed by atoms with Crippen molar-refractivity contribution in [1.29, 1.82) is 0 Å². The highest BCUT2D eigenvalue weighted by atomic mass is 16.6. The third-order valence-corrected chi connectivity index (χ3v) is 4.06. The SMILES string of the molecule is O=C1C(=Cc2cccc([N+](=O)[O-])c2)CNCC1=Cc1cccc([N+](=O)[O-])c1. The molecule has 8 heteroatoms. The molecule has 1 aliphatic heterocycles. The average Bonchev–Trinajstić information content (AvgIpc) is 2.65. The highest BCUT2D eigenvalue weighted by Crippen LogP contribution is 2.21. The maximum atomic E-state index is 12.7. The molecular formula is C19H15N3O5. The Balaban J connectivity index is 1.90. The molecule has 0 aromatic heterocycles. The third-order valence-electron chi connectivity index (χ3n) is 4.06. The molecule has 2 aromatic carbocycles. The van der Waals surface area contributed by atoms with Crippen molar-refractivity contribution in [3.8, 4) is 0 Å². The number of nitro groups is 2. The molecule has 0 saturated carbocycles. The van der Waals surface area contributed by atoms with E-state index in [1.54, 1.807) is 36.4 Å². The monoisotopic (exact) mass is 365 g/mol. The molecular weight excluding hydrogens is 350 g/mol. The summed E-state index contributed by atoms with van der Waals surface area (Å²) in [6, 6.07) is 12.1. The van der Waals surface area contributed by atoms with Crippen molar-refractivity contribution >= 4 is 29.3 Å². The summed E-state index contributed by atoms with van der Waals surface area (Å²) in [6.07, 6.45) is 3.23. The largest absolute Gasteiger partial charge is 0.308 e. The number of carbonyl (C=O) groups excluding carboxylic acids is 1. The van der Waals surface area contributed by atoms with E-state index in [-0.39, 0.29) is 17.2 Å². The first-order valence-corrected chi connectivity index (χ1v) is 8.09. The Kier molecular flexibility index (Phi) is 5.18. The normalized spacial score (nSPS) is 17.3. The lowest BCUT2D eigenvalue weighted by molar-refractivity contribution is -0.385. The van der Waals surface area contributed by atoms with Crippen molar-refractivity contribution in [2.75, 3.05) is 13.1 Å². The molecule has 0 unspecified atom stereocenters. The number of rotatable bonds is 4. The average molecular weight is 365 g/mol. The Morgan fingerprint density at radius 2 is 1.26 bits per heavy atom. The maximum Gasteiger partial charge on any atom is 0.270 e. The lowest BCUT2D eigenvalue weighted by Crippen LogP contribution is -2.32. The van der Waals surface area contributed by atoms with Crippen LogP contribution in [0.1, 0.15) is 11.1 Å². The van der Waals surface area contributed by atoms with Crippen LogP contribution in [0.15, 0.2) is 59.7 Å². The minimum Gasteiger partial charge on any atom is -0.308 e. The fourth-order valence-corrected chi connectivity index (χ4v) is 2.79. The summed E-state index contributed by atoms with van der Waals surface area (Å²) >= 11 is 0. The molecule has 2 aromatic rings. The molecule has 27 heavy (non-hydrogen) atoms. The molecule has 1 heterocycles. The molecule has 0 spiro atoms. The molecule has 8 nitrogen and oxygen atoms in total. The highest BCUT2D eigenvalue weighted by molar-refractivity contribution is 6.14. The second-order valence-corrected chi connectivity index (χ2v) is 5.98. The number of ketones is 1. The van der Waals surface area contributed by atoms with Gasteiger partial charge in [-0.3, -0.25) is 25.0 Å². The molecule has 136 valence electrons. The van der Waals surface area contributed by atoms with Gasteiger partial charge >= 0.3 is 0 Å². The Labute approximate surface area is 154 Å². The van der Waals surface area contributed by atoms with Gasteiger partial charge in [0.05, 0.1) is 9.85 Å². The summed E-state index contributed by atoms with van der Waals surface area (Å²) in [4.78, 5) is 33.5. The number of nitrogens with one attached hydrogen (secondary N) is 1. The van der Waals surface area contributed by atoms with E-state index in [1.165, 1.54) is 24.3 Å². The Morgan fingerprint density at radius 3 is 1.67 bits per heavy atom. The van der Waals surface area contributed by atoms with Crippen molar-refractivity contribution in [1.82, 2.24) is 5.32 Å². The van der Waals surface area contributed by atoms with Gasteiger partial charge in [-0.15, -0.1) is 0 Å². The molecule has 1 aliphatic rings. The summed E-state index contributed by atoms with van der Waals surface area (Å²) in [5.41, 5.74) is 1.97. The van der Waals surface area contributed by atoms with Gasteiger partial charge in [-0.2, -0.15) is 0 Å². The van der Waals surface area contributed by atoms with Crippen molar-refractivity contribution in [3.63, 3.8) is 0 Å². The number of benzene rings is 2. The smallest absolute Gasteiger partial charge is 0.270 e. The minimum atomic E-state index is -0.489. The van der Waals surface area contributed by atoms with E-state index in [9.17, 15) is 25.0 Å². The molecule has 3 rings (SSSR count). The number of carbonyl (C=O) groups is 1. The van der Waals surface area contributed by atoms with E-state index >= 15 is 0 Å². The summed E-state index contributed by atoms with van der Waals surface area (Å²) < 4.78 is 0. The minimum absolute atomic E-state index is 0.0482. The van der Waals surface area contributed by atoms with Crippen molar-refractivity contribution in [2.45, 2.75) is 0 Å². The van der Waals surface area contributed by atoms with Gasteiger partial charge in [-0.1, -0.05) is 24.3 Å². The van der Waals surface area contributed by atoms with E-state index in [0.717, 1.165) is 0 Å². The molecule has 1 N–H and O–H groups in total. The van der Waals surface area contributed by atoms with Crippen LogP contribution in [0.2, 0.25) is 0 Å². The first-order valence-electron chi connectivity index (χ1n) is 8.09. The molecule has 0 aliphatic carbocycles. The van der Waals surface area contributed by atoms with E-state index in [2.05, 4.69) is 5.32 Å². The van der Waals surface area contributed by atoms with E-state index < -0.39 is 9.85 Å². The number of Topliss-reactive ketones (excluding diaryl/α,β-unsaturated/α-hetero) is 1. The fourth-order valence-electron chi connectivity index (χ4n) is 2.79. The van der Waals surface area contributed by atoms with Crippen LogP contribution in [-0.2, 0) is 4.79 Å². The van der Waals surface area contributed by atoms with Gasteiger partial charge in [0, 0.05) is 48.5 Å². The number of nitro benzene ring substituents is 2. The van der Waals surface area contributed by atoms with Crippen LogP contribution in [-0.4, -0.2) is 28.7 Å². The molecule has 0 amide bonds. The first kappa shape index (κ1) is 18.2. The molecule has 1 saturated heterocycles. The number of hydrogen-bond acceptors (Lipinski definition) is 6. The van der Waals surface area contributed by atoms with Crippen LogP contribution < -0.4 is 5.32 Å². The predicted octanol–water partition coefficient (Wildman–Crippen LogP) is 3.14. The molecule has 0 bridgehead atoms. The zero-order chi connectivity index (χ0) is 19.4. The van der Waals surface area contributed by atoms with Crippen LogP contribution in [0.25, 0.3) is 12.2 Å². The van der Waals surface area contributed by atoms with Crippen molar-refractivity contribution < 1.29 is 14.6 Å². The zero-order valence-corrected chi connectivity index (χ0v) is 14.1. The topological polar surface area (TPSA) is 115 Å². The molecule has 0 atom stereocenters. The number of non-ortho nitro benzene ring substituents is 2. The van der Waals surface area contributed by atoms with Crippen molar-refractivity contribution in [2.24, 2.45) is 0 Å². The Bertz CT molecular complexity index is 917. The van der Waals surface area contributed by atoms with Crippen LogP contribution in [0.4, 0.5) is 11.4 Å². The summed E-state index contributed by atoms with van der Waals surface area (Å²) in [7, 11) is 0. The number of piperidine rings is 1. The fraction of sp³-hybridized carbons (Fsp3) is 0.105. The number of nitrogens with zero attached hydrogens (tertiary/aromatic N) is 2. The summed E-state index contributed by atoms with van der Waals surface area (Å²) in [5.74, 6) is -0.188. The van der Waals surface area contributed by atoms with Gasteiger partial charge in [-0.25, -0.2) is 0 Å². The quantitative estimate of drug-likeness (QED) is 0.505. The molecule has 1 fully saturated rings. The highest BCUT2D eigenvalue weighted by Gasteiger charge is 2.20. The zero-order valence-electron chi connectivity index (χ0n) is 14.1. The van der Waals surface area contributed by atoms with Crippen LogP contribution in [0.3, 0.4) is 0 Å². The van der Waals surface area contributed by atoms with E-state index in [1.807, 2.05) is 0 Å². The van der Waals surface area contributed by atoms with Crippen LogP contribution >= 0.6 is 0 Å². The van der Waals surface area contributed by atoms with E-state index in [4.69, 9.17) is 0 Å². The van der Waals surface area contributed by atoms with Gasteiger partial charge in [0.1, 0.15) is 0 Å². The van der Waals surface area contributed by atoms with Gasteiger partial charge in [0.15, 0.2) is 5.78 Å². The lowest BCUT2D eigenvalue weighted by atomic mass is 9.95. The predicted molar refractivity (Wildman–Crippen MR) is 100 cm³/mol. The third kappa shape index (κ3) is 4.31. The maximum absolute atomic E-state index is 12.7. The van der Waals surface area contributed by atoms with Crippen LogP contribution in [0, 0.1) is 20.2 Å². The van der Waals surface area contributed by atoms with Gasteiger partial charge in [-0.05, 0) is 23.3 Å². The van der Waals surface area contributed by atoms with E-state index in [0.29, 0.717) is 35.4 Å². The number of hydrogen-bond donors (Lipinski definition) is 1. The van der Waals surface area contributed by atoms with Crippen molar-refractivity contribution in [3.05, 3.63) is 91.0 Å². The second kappa shape index (κ2) is 7.71. The standard InChI is InChI=1S/C19H15N3O5/c23-19-15(7-13-3-1-5-17(9-13)21(24)25)11-20-12-16(19)8-14-4-2-6-18(10-14)22(26)27/h1-10,20H,11-12H2.